The van der Waals surface area contributed by atoms with Crippen LogP contribution in [0.2, 0.25) is 0 Å². The van der Waals surface area contributed by atoms with Crippen LogP contribution >= 0.6 is 0 Å². The van der Waals surface area contributed by atoms with E-state index in [2.05, 4.69) is 16.2 Å². The summed E-state index contributed by atoms with van der Waals surface area (Å²) in [6.45, 7) is 2.09. The number of hydrogen-bond donors (Lipinski definition) is 4. The minimum absolute atomic E-state index is 0.0943. The highest BCUT2D eigenvalue weighted by atomic mass is 16.4. The summed E-state index contributed by atoms with van der Waals surface area (Å²) in [5.41, 5.74) is 8.69. The molecule has 6 nitrogen and oxygen atoms in total. The zero-order chi connectivity index (χ0) is 18.1. The average molecular weight is 339 g/mol. The molecule has 0 aromatic heterocycles. The molecule has 0 unspecified atom stereocenters. The molecule has 0 aliphatic heterocycles. The Morgan fingerprint density at radius 1 is 1.00 bits per heavy atom. The van der Waals surface area contributed by atoms with Gasteiger partial charge in [-0.2, -0.15) is 0 Å². The maximum atomic E-state index is 12.0. The van der Waals surface area contributed by atoms with E-state index in [1.54, 1.807) is 0 Å². The van der Waals surface area contributed by atoms with Gasteiger partial charge < -0.3 is 10.4 Å². The number of carboxylic acid groups (broad SMARTS) is 1. The number of carbonyl (C=O) groups is 2. The summed E-state index contributed by atoms with van der Waals surface area (Å²) in [5, 5.41) is 11.9. The van der Waals surface area contributed by atoms with E-state index < -0.39 is 5.97 Å². The van der Waals surface area contributed by atoms with Crippen molar-refractivity contribution in [3.63, 3.8) is 0 Å². The molecule has 0 fully saturated rings. The molecule has 0 saturated carbocycles. The fourth-order valence-electron chi connectivity index (χ4n) is 2.08. The van der Waals surface area contributed by atoms with E-state index in [1.807, 2.05) is 61.5 Å². The van der Waals surface area contributed by atoms with Crippen LogP contribution in [0.15, 0.2) is 60.7 Å². The Labute approximate surface area is 146 Å². The Hall–Kier alpha value is -3.28. The third-order valence-electron chi connectivity index (χ3n) is 3.41. The molecular weight excluding hydrogens is 318 g/mol. The van der Waals surface area contributed by atoms with E-state index >= 15 is 0 Å². The number of anilines is 1. The summed E-state index contributed by atoms with van der Waals surface area (Å²) in [6, 6.07) is 16.9. The van der Waals surface area contributed by atoms with Gasteiger partial charge in [-0.25, -0.2) is 0 Å². The molecule has 2 aromatic rings. The van der Waals surface area contributed by atoms with Crippen molar-refractivity contribution in [2.24, 2.45) is 0 Å². The molecule has 0 saturated heterocycles. The maximum Gasteiger partial charge on any atom is 0.307 e. The number of aliphatic carboxylic acids is 1. The van der Waals surface area contributed by atoms with Gasteiger partial charge in [0, 0.05) is 5.69 Å². The minimum atomic E-state index is -0.942. The Bertz CT molecular complexity index is 740. The molecule has 4 N–H and O–H groups in total. The molecule has 0 heterocycles. The third kappa shape index (κ3) is 6.39. The highest BCUT2D eigenvalue weighted by molar-refractivity contribution is 5.82. The topological polar surface area (TPSA) is 90.5 Å². The van der Waals surface area contributed by atoms with Crippen LogP contribution in [0.4, 0.5) is 5.69 Å². The number of hydrogen-bond acceptors (Lipinski definition) is 4. The number of nitrogens with one attached hydrogen (secondary N) is 3. The molecule has 0 bridgehead atoms. The second-order valence-electron chi connectivity index (χ2n) is 5.47. The first-order valence-electron chi connectivity index (χ1n) is 7.87. The van der Waals surface area contributed by atoms with E-state index in [0.717, 1.165) is 16.8 Å². The number of carbonyl (C=O) groups excluding carboxylic acids is 1. The summed E-state index contributed by atoms with van der Waals surface area (Å²) < 4.78 is 0. The van der Waals surface area contributed by atoms with Crippen LogP contribution in [0, 0.1) is 6.92 Å². The molecule has 2 rings (SSSR count). The van der Waals surface area contributed by atoms with Crippen LogP contribution in [-0.2, 0) is 9.59 Å². The van der Waals surface area contributed by atoms with Crippen LogP contribution in [-0.4, -0.2) is 23.5 Å². The van der Waals surface area contributed by atoms with Crippen molar-refractivity contribution in [1.82, 2.24) is 10.9 Å². The smallest absolute Gasteiger partial charge is 0.307 e. The normalized spacial score (nSPS) is 10.8. The Balaban J connectivity index is 1.90. The van der Waals surface area contributed by atoms with E-state index in [1.165, 1.54) is 6.08 Å². The first-order valence-corrected chi connectivity index (χ1v) is 7.87. The molecule has 25 heavy (non-hydrogen) atoms. The van der Waals surface area contributed by atoms with Gasteiger partial charge >= 0.3 is 5.97 Å². The van der Waals surface area contributed by atoms with Gasteiger partial charge in [0.1, 0.15) is 0 Å². The summed E-state index contributed by atoms with van der Waals surface area (Å²) in [4.78, 5) is 22.8. The first kappa shape index (κ1) is 18.1. The molecule has 0 spiro atoms. The van der Waals surface area contributed by atoms with Gasteiger partial charge in [-0.15, -0.1) is 0 Å². The van der Waals surface area contributed by atoms with Crippen molar-refractivity contribution < 1.29 is 14.7 Å². The lowest BCUT2D eigenvalue weighted by Gasteiger charge is -2.13. The first-order chi connectivity index (χ1) is 12.0. The van der Waals surface area contributed by atoms with E-state index in [-0.39, 0.29) is 18.9 Å². The van der Waals surface area contributed by atoms with Crippen molar-refractivity contribution in [3.8, 4) is 0 Å². The Morgan fingerprint density at radius 2 is 1.68 bits per heavy atom. The summed E-state index contributed by atoms with van der Waals surface area (Å²) in [6.07, 6.45) is 1.38. The monoisotopic (exact) mass is 339 g/mol. The molecule has 0 atom stereocenters. The molecular formula is C19H21N3O3. The average Bonchev–Trinajstić information content (AvgIpc) is 2.62. The van der Waals surface area contributed by atoms with Crippen molar-refractivity contribution in [2.75, 3.05) is 11.9 Å². The van der Waals surface area contributed by atoms with Crippen molar-refractivity contribution in [2.45, 2.75) is 13.3 Å². The third-order valence-corrected chi connectivity index (χ3v) is 3.41. The fraction of sp³-hybridized carbons (Fsp3) is 0.158. The number of rotatable bonds is 8. The van der Waals surface area contributed by atoms with Crippen molar-refractivity contribution >= 4 is 23.3 Å². The van der Waals surface area contributed by atoms with Gasteiger partial charge in [0.15, 0.2) is 0 Å². The minimum Gasteiger partial charge on any atom is -0.481 e. The lowest BCUT2D eigenvalue weighted by Crippen LogP contribution is -2.39. The zero-order valence-electron chi connectivity index (χ0n) is 14.0. The molecule has 0 radical (unpaired) electrons. The second kappa shape index (κ2) is 9.12. The Morgan fingerprint density at radius 3 is 2.32 bits per heavy atom. The molecule has 1 amide bonds. The molecule has 130 valence electrons. The van der Waals surface area contributed by atoms with Crippen molar-refractivity contribution in [1.29, 1.82) is 0 Å². The van der Waals surface area contributed by atoms with Gasteiger partial charge in [0.2, 0.25) is 0 Å². The van der Waals surface area contributed by atoms with Crippen LogP contribution in [0.3, 0.4) is 0 Å². The quantitative estimate of drug-likeness (QED) is 0.555. The number of aryl methyl sites for hydroxylation is 1. The molecule has 0 aliphatic carbocycles. The maximum absolute atomic E-state index is 12.0. The van der Waals surface area contributed by atoms with E-state index in [4.69, 9.17) is 5.11 Å². The highest BCUT2D eigenvalue weighted by Crippen LogP contribution is 2.11. The van der Waals surface area contributed by atoms with Gasteiger partial charge in [-0.05, 0) is 30.7 Å². The van der Waals surface area contributed by atoms with Crippen LogP contribution in [0.25, 0.3) is 5.70 Å². The zero-order valence-corrected chi connectivity index (χ0v) is 14.0. The van der Waals surface area contributed by atoms with Gasteiger partial charge in [0.05, 0.1) is 18.7 Å². The van der Waals surface area contributed by atoms with E-state index in [0.29, 0.717) is 5.70 Å². The van der Waals surface area contributed by atoms with Gasteiger partial charge in [-0.3, -0.25) is 20.4 Å². The molecule has 2 aromatic carbocycles. The molecule has 6 heteroatoms. The van der Waals surface area contributed by atoms with Gasteiger partial charge in [0.25, 0.3) is 5.91 Å². The summed E-state index contributed by atoms with van der Waals surface area (Å²) in [7, 11) is 0. The van der Waals surface area contributed by atoms with Crippen LogP contribution in [0.5, 0.6) is 0 Å². The Kier molecular flexibility index (Phi) is 6.59. The number of amides is 1. The van der Waals surface area contributed by atoms with E-state index in [9.17, 15) is 9.59 Å². The number of benzene rings is 2. The lowest BCUT2D eigenvalue weighted by molar-refractivity contribution is -0.136. The largest absolute Gasteiger partial charge is 0.481 e. The fourth-order valence-corrected chi connectivity index (χ4v) is 2.08. The van der Waals surface area contributed by atoms with Gasteiger partial charge in [-0.1, -0.05) is 48.0 Å². The highest BCUT2D eigenvalue weighted by Gasteiger charge is 2.05. The number of hydrazine groups is 1. The second-order valence-corrected chi connectivity index (χ2v) is 5.47. The SMILES string of the molecule is Cc1ccc(NCC(=O)NNC(=CCC(=O)O)c2ccccc2)cc1. The predicted molar refractivity (Wildman–Crippen MR) is 97.6 cm³/mol. The summed E-state index contributed by atoms with van der Waals surface area (Å²) >= 11 is 0. The van der Waals surface area contributed by atoms with Crippen LogP contribution in [0.1, 0.15) is 17.5 Å². The molecule has 0 aliphatic rings. The predicted octanol–water partition coefficient (Wildman–Crippen LogP) is 2.54. The lowest BCUT2D eigenvalue weighted by atomic mass is 10.1. The standard InChI is InChI=1S/C19H21N3O3/c1-14-7-9-16(10-8-14)20-13-18(23)22-21-17(11-12-19(24)25)15-5-3-2-4-6-15/h2-11,20-21H,12-13H2,1H3,(H,22,23)(H,24,25). The van der Waals surface area contributed by atoms with Crippen LogP contribution < -0.4 is 16.2 Å². The number of carboxylic acids is 1. The van der Waals surface area contributed by atoms with Crippen molar-refractivity contribution in [3.05, 3.63) is 71.8 Å². The summed E-state index contributed by atoms with van der Waals surface area (Å²) in [5.74, 6) is -1.21.